The van der Waals surface area contributed by atoms with E-state index < -0.39 is 0 Å². The van der Waals surface area contributed by atoms with Gasteiger partial charge in [-0.25, -0.2) is 15.0 Å². The third-order valence-corrected chi connectivity index (χ3v) is 4.15. The minimum Gasteiger partial charge on any atom is -0.568 e. The fourth-order valence-corrected chi connectivity index (χ4v) is 2.76. The molecule has 6 heteroatoms. The second-order valence-corrected chi connectivity index (χ2v) is 5.92. The molecule has 0 spiro atoms. The minimum atomic E-state index is 0.0542. The molecular formula is C21H16BN3O2. The van der Waals surface area contributed by atoms with Crippen LogP contribution in [0, 0.1) is 0 Å². The van der Waals surface area contributed by atoms with Gasteiger partial charge in [0.25, 0.3) is 0 Å². The molecule has 4 aromatic rings. The van der Waals surface area contributed by atoms with E-state index in [0.717, 1.165) is 11.1 Å². The van der Waals surface area contributed by atoms with Gasteiger partial charge in [-0.2, -0.15) is 0 Å². The summed E-state index contributed by atoms with van der Waals surface area (Å²) in [4.78, 5) is 13.8. The lowest BCUT2D eigenvalue weighted by atomic mass is 10.1. The normalized spacial score (nSPS) is 10.5. The number of phenols is 1. The monoisotopic (exact) mass is 353 g/mol. The third kappa shape index (κ3) is 3.50. The highest BCUT2D eigenvalue weighted by Gasteiger charge is 2.14. The molecule has 3 aromatic carbocycles. The molecule has 0 aliphatic heterocycles. The molecule has 0 amide bonds. The highest BCUT2D eigenvalue weighted by atomic mass is 16.4. The van der Waals surface area contributed by atoms with Crippen LogP contribution in [0.15, 0.2) is 78.9 Å². The standard InChI is InChI=1S/C21H16BN3O2/c22-27-16-11-12-17(18(26)13-16)21-24-19(14-7-3-1-4-8-14)23-20(25-21)15-9-5-2-6-10-15/h1-13,26H,22H2. The van der Waals surface area contributed by atoms with E-state index in [-0.39, 0.29) is 5.75 Å². The van der Waals surface area contributed by atoms with Crippen LogP contribution in [0.5, 0.6) is 11.5 Å². The largest absolute Gasteiger partial charge is 0.568 e. The maximum atomic E-state index is 10.4. The number of aromatic hydroxyl groups is 1. The van der Waals surface area contributed by atoms with Crippen molar-refractivity contribution in [3.8, 4) is 45.7 Å². The quantitative estimate of drug-likeness (QED) is 0.569. The van der Waals surface area contributed by atoms with Crippen molar-refractivity contribution in [2.75, 3.05) is 0 Å². The Kier molecular flexibility index (Phi) is 4.53. The molecule has 1 aromatic heterocycles. The molecule has 0 unspecified atom stereocenters. The molecule has 0 saturated heterocycles. The average molecular weight is 353 g/mol. The number of nitrogens with zero attached hydrogens (tertiary/aromatic N) is 3. The van der Waals surface area contributed by atoms with Gasteiger partial charge in [-0.3, -0.25) is 0 Å². The molecule has 0 fully saturated rings. The number of hydrogen-bond acceptors (Lipinski definition) is 5. The zero-order valence-corrected chi connectivity index (χ0v) is 14.7. The smallest absolute Gasteiger partial charge is 0.322 e. The van der Waals surface area contributed by atoms with Crippen LogP contribution in [0.25, 0.3) is 34.2 Å². The summed E-state index contributed by atoms with van der Waals surface area (Å²) in [5.41, 5.74) is 2.28. The highest BCUT2D eigenvalue weighted by Crippen LogP contribution is 2.32. The van der Waals surface area contributed by atoms with Gasteiger partial charge < -0.3 is 9.76 Å². The van der Waals surface area contributed by atoms with Crippen LogP contribution in [-0.2, 0) is 0 Å². The van der Waals surface area contributed by atoms with Gasteiger partial charge in [-0.05, 0) is 12.1 Å². The summed E-state index contributed by atoms with van der Waals surface area (Å²) in [6, 6.07) is 24.5. The summed E-state index contributed by atoms with van der Waals surface area (Å²) in [5.74, 6) is 2.13. The molecule has 0 atom stereocenters. The van der Waals surface area contributed by atoms with Crippen molar-refractivity contribution in [3.63, 3.8) is 0 Å². The molecule has 0 bridgehead atoms. The highest BCUT2D eigenvalue weighted by molar-refractivity contribution is 6.00. The van der Waals surface area contributed by atoms with Crippen LogP contribution < -0.4 is 4.65 Å². The second-order valence-electron chi connectivity index (χ2n) is 5.92. The summed E-state index contributed by atoms with van der Waals surface area (Å²) in [6.45, 7) is 0. The predicted octanol–water partition coefficient (Wildman–Crippen LogP) is 3.51. The fourth-order valence-electron chi connectivity index (χ4n) is 2.76. The Morgan fingerprint density at radius 2 is 1.19 bits per heavy atom. The Morgan fingerprint density at radius 3 is 1.67 bits per heavy atom. The Hall–Kier alpha value is -3.67. The van der Waals surface area contributed by atoms with Crippen LogP contribution in [0.1, 0.15) is 0 Å². The topological polar surface area (TPSA) is 68.1 Å². The first-order valence-corrected chi connectivity index (χ1v) is 8.49. The van der Waals surface area contributed by atoms with E-state index in [1.165, 1.54) is 0 Å². The number of rotatable bonds is 4. The van der Waals surface area contributed by atoms with Crippen molar-refractivity contribution >= 4 is 8.05 Å². The third-order valence-electron chi connectivity index (χ3n) is 4.15. The fraction of sp³-hybridized carbons (Fsp3) is 0. The van der Waals surface area contributed by atoms with E-state index in [1.807, 2.05) is 60.7 Å². The summed E-state index contributed by atoms with van der Waals surface area (Å²) in [6.07, 6.45) is 0. The van der Waals surface area contributed by atoms with Gasteiger partial charge in [-0.15, -0.1) is 0 Å². The maximum Gasteiger partial charge on any atom is 0.322 e. The number of benzene rings is 3. The Balaban J connectivity index is 1.91. The van der Waals surface area contributed by atoms with Gasteiger partial charge >= 0.3 is 8.05 Å². The van der Waals surface area contributed by atoms with Gasteiger partial charge in [0.05, 0.1) is 5.56 Å². The summed E-state index contributed by atoms with van der Waals surface area (Å²) in [7, 11) is 1.55. The number of aromatic nitrogens is 3. The molecule has 27 heavy (non-hydrogen) atoms. The van der Waals surface area contributed by atoms with Crippen LogP contribution >= 0.6 is 0 Å². The van der Waals surface area contributed by atoms with Crippen LogP contribution in [0.3, 0.4) is 0 Å². The van der Waals surface area contributed by atoms with E-state index in [0.29, 0.717) is 28.8 Å². The molecule has 1 heterocycles. The molecular weight excluding hydrogens is 337 g/mol. The molecule has 0 saturated carbocycles. The van der Waals surface area contributed by atoms with E-state index in [1.54, 1.807) is 26.2 Å². The predicted molar refractivity (Wildman–Crippen MR) is 107 cm³/mol. The molecule has 130 valence electrons. The van der Waals surface area contributed by atoms with Gasteiger partial charge in [0.15, 0.2) is 17.5 Å². The Labute approximate surface area is 157 Å². The maximum absolute atomic E-state index is 10.4. The summed E-state index contributed by atoms with van der Waals surface area (Å²) >= 11 is 0. The Bertz CT molecular complexity index is 1020. The zero-order chi connectivity index (χ0) is 18.6. The van der Waals surface area contributed by atoms with Crippen molar-refractivity contribution < 1.29 is 9.76 Å². The minimum absolute atomic E-state index is 0.0542. The SMILES string of the molecule is BOc1ccc(-c2nc(-c3ccccc3)nc(-c3ccccc3)n2)c(O)c1. The lowest BCUT2D eigenvalue weighted by Crippen LogP contribution is -2.00. The zero-order valence-electron chi connectivity index (χ0n) is 14.7. The van der Waals surface area contributed by atoms with Gasteiger partial charge in [0.1, 0.15) is 11.5 Å². The van der Waals surface area contributed by atoms with E-state index >= 15 is 0 Å². The van der Waals surface area contributed by atoms with Crippen molar-refractivity contribution in [2.24, 2.45) is 0 Å². The molecule has 0 aliphatic carbocycles. The summed E-state index contributed by atoms with van der Waals surface area (Å²) in [5, 5.41) is 10.4. The van der Waals surface area contributed by atoms with Gasteiger partial charge in [0, 0.05) is 17.2 Å². The van der Waals surface area contributed by atoms with Crippen molar-refractivity contribution in [1.82, 2.24) is 15.0 Å². The Morgan fingerprint density at radius 1 is 0.667 bits per heavy atom. The number of hydrogen-bond donors (Lipinski definition) is 1. The molecule has 0 radical (unpaired) electrons. The van der Waals surface area contributed by atoms with E-state index in [9.17, 15) is 5.11 Å². The van der Waals surface area contributed by atoms with Crippen LogP contribution in [-0.4, -0.2) is 28.1 Å². The first-order chi connectivity index (χ1) is 13.2. The van der Waals surface area contributed by atoms with Crippen molar-refractivity contribution in [1.29, 1.82) is 0 Å². The van der Waals surface area contributed by atoms with Crippen molar-refractivity contribution in [3.05, 3.63) is 78.9 Å². The number of phenolic OH excluding ortho intramolecular Hbond substituents is 1. The lowest BCUT2D eigenvalue weighted by Gasteiger charge is -2.10. The van der Waals surface area contributed by atoms with E-state index in [2.05, 4.69) is 15.0 Å². The van der Waals surface area contributed by atoms with Crippen LogP contribution in [0.4, 0.5) is 0 Å². The average Bonchev–Trinajstić information content (AvgIpc) is 2.74. The second kappa shape index (κ2) is 7.29. The first kappa shape index (κ1) is 16.8. The summed E-state index contributed by atoms with van der Waals surface area (Å²) < 4.78 is 5.16. The molecule has 5 nitrogen and oxygen atoms in total. The molecule has 1 N–H and O–H groups in total. The lowest BCUT2D eigenvalue weighted by molar-refractivity contribution is 0.473. The van der Waals surface area contributed by atoms with Gasteiger partial charge in [0.2, 0.25) is 0 Å². The van der Waals surface area contributed by atoms with Crippen LogP contribution in [0.2, 0.25) is 0 Å². The first-order valence-electron chi connectivity index (χ1n) is 8.49. The molecule has 0 aliphatic rings. The van der Waals surface area contributed by atoms with E-state index in [4.69, 9.17) is 4.65 Å². The van der Waals surface area contributed by atoms with Crippen molar-refractivity contribution in [2.45, 2.75) is 0 Å². The molecule has 4 rings (SSSR count). The van der Waals surface area contributed by atoms with Gasteiger partial charge in [-0.1, -0.05) is 60.7 Å².